The van der Waals surface area contributed by atoms with Crippen LogP contribution in [-0.4, -0.2) is 11.6 Å². The standard InChI is InChI=1S/C11H15FN2O/c1-11(2,3)14-10(15)13-9-6-4-8(12)5-7-9/h4-7H,1-3H3,(H2,13,14,15). The Labute approximate surface area is 88.7 Å². The van der Waals surface area contributed by atoms with Crippen molar-refractivity contribution >= 4 is 11.7 Å². The molecular formula is C11H15FN2O. The fraction of sp³-hybridized carbons (Fsp3) is 0.364. The van der Waals surface area contributed by atoms with E-state index in [0.29, 0.717) is 5.69 Å². The van der Waals surface area contributed by atoms with Crippen molar-refractivity contribution in [3.8, 4) is 0 Å². The molecule has 15 heavy (non-hydrogen) atoms. The molecule has 0 aliphatic heterocycles. The Morgan fingerprint density at radius 1 is 1.20 bits per heavy atom. The van der Waals surface area contributed by atoms with Crippen molar-refractivity contribution in [2.75, 3.05) is 5.32 Å². The second-order valence-corrected chi connectivity index (χ2v) is 4.34. The highest BCUT2D eigenvalue weighted by Crippen LogP contribution is 2.08. The van der Waals surface area contributed by atoms with E-state index in [2.05, 4.69) is 10.6 Å². The van der Waals surface area contributed by atoms with E-state index in [1.807, 2.05) is 20.8 Å². The van der Waals surface area contributed by atoms with Crippen LogP contribution in [0, 0.1) is 5.82 Å². The van der Waals surface area contributed by atoms with E-state index in [4.69, 9.17) is 0 Å². The second-order valence-electron chi connectivity index (χ2n) is 4.34. The van der Waals surface area contributed by atoms with Crippen molar-refractivity contribution in [1.29, 1.82) is 0 Å². The number of carbonyl (C=O) groups excluding carboxylic acids is 1. The molecule has 0 atom stereocenters. The second kappa shape index (κ2) is 4.29. The third kappa shape index (κ3) is 4.44. The van der Waals surface area contributed by atoms with Gasteiger partial charge in [0, 0.05) is 11.2 Å². The zero-order chi connectivity index (χ0) is 11.5. The highest BCUT2D eigenvalue weighted by molar-refractivity contribution is 5.89. The number of rotatable bonds is 1. The van der Waals surface area contributed by atoms with E-state index in [1.54, 1.807) is 0 Å². The number of benzene rings is 1. The van der Waals surface area contributed by atoms with Gasteiger partial charge in [-0.3, -0.25) is 0 Å². The molecule has 1 rings (SSSR count). The van der Waals surface area contributed by atoms with Gasteiger partial charge in [0.15, 0.2) is 0 Å². The lowest BCUT2D eigenvalue weighted by molar-refractivity contribution is 0.244. The zero-order valence-electron chi connectivity index (χ0n) is 9.10. The summed E-state index contributed by atoms with van der Waals surface area (Å²) in [7, 11) is 0. The van der Waals surface area contributed by atoms with E-state index in [0.717, 1.165) is 0 Å². The summed E-state index contributed by atoms with van der Waals surface area (Å²) < 4.78 is 12.6. The van der Waals surface area contributed by atoms with Crippen LogP contribution in [-0.2, 0) is 0 Å². The third-order valence-corrected chi connectivity index (χ3v) is 1.59. The van der Waals surface area contributed by atoms with Gasteiger partial charge in [0.05, 0.1) is 0 Å². The van der Waals surface area contributed by atoms with E-state index in [1.165, 1.54) is 24.3 Å². The molecule has 2 N–H and O–H groups in total. The minimum absolute atomic E-state index is 0.288. The van der Waals surface area contributed by atoms with E-state index in [-0.39, 0.29) is 17.4 Å². The Morgan fingerprint density at radius 3 is 2.20 bits per heavy atom. The Balaban J connectivity index is 2.55. The molecule has 0 spiro atoms. The lowest BCUT2D eigenvalue weighted by atomic mass is 10.1. The van der Waals surface area contributed by atoms with Gasteiger partial charge < -0.3 is 10.6 Å². The SMILES string of the molecule is CC(C)(C)NC(=O)Nc1ccc(F)cc1. The van der Waals surface area contributed by atoms with Crippen LogP contribution in [0.15, 0.2) is 24.3 Å². The van der Waals surface area contributed by atoms with Gasteiger partial charge in [-0.15, -0.1) is 0 Å². The predicted octanol–water partition coefficient (Wildman–Crippen LogP) is 2.75. The first-order valence-corrected chi connectivity index (χ1v) is 4.71. The molecule has 0 radical (unpaired) electrons. The maximum Gasteiger partial charge on any atom is 0.319 e. The van der Waals surface area contributed by atoms with Crippen molar-refractivity contribution in [2.45, 2.75) is 26.3 Å². The van der Waals surface area contributed by atoms with Crippen molar-refractivity contribution in [2.24, 2.45) is 0 Å². The number of anilines is 1. The van der Waals surface area contributed by atoms with Gasteiger partial charge in [0.25, 0.3) is 0 Å². The van der Waals surface area contributed by atoms with Crippen LogP contribution in [0.2, 0.25) is 0 Å². The summed E-state index contributed by atoms with van der Waals surface area (Å²) in [5.41, 5.74) is 0.280. The molecule has 0 aromatic heterocycles. The summed E-state index contributed by atoms with van der Waals surface area (Å²) >= 11 is 0. The van der Waals surface area contributed by atoms with Crippen LogP contribution in [0.25, 0.3) is 0 Å². The van der Waals surface area contributed by atoms with Gasteiger partial charge in [-0.1, -0.05) is 0 Å². The van der Waals surface area contributed by atoms with Crippen molar-refractivity contribution < 1.29 is 9.18 Å². The summed E-state index contributed by atoms with van der Waals surface area (Å²) in [6.07, 6.45) is 0. The van der Waals surface area contributed by atoms with Crippen molar-refractivity contribution in [3.05, 3.63) is 30.1 Å². The number of urea groups is 1. The number of hydrogen-bond acceptors (Lipinski definition) is 1. The Hall–Kier alpha value is -1.58. The monoisotopic (exact) mass is 210 g/mol. The van der Waals surface area contributed by atoms with Crippen LogP contribution in [0.4, 0.5) is 14.9 Å². The highest BCUT2D eigenvalue weighted by atomic mass is 19.1. The van der Waals surface area contributed by atoms with Gasteiger partial charge in [-0.05, 0) is 45.0 Å². The van der Waals surface area contributed by atoms with Crippen LogP contribution in [0.1, 0.15) is 20.8 Å². The topological polar surface area (TPSA) is 41.1 Å². The first-order chi connectivity index (χ1) is 6.87. The molecule has 0 heterocycles. The van der Waals surface area contributed by atoms with Crippen LogP contribution in [0.5, 0.6) is 0 Å². The first-order valence-electron chi connectivity index (χ1n) is 4.71. The van der Waals surface area contributed by atoms with Crippen LogP contribution >= 0.6 is 0 Å². The normalized spacial score (nSPS) is 10.9. The first kappa shape index (κ1) is 11.5. The molecule has 0 aliphatic carbocycles. The molecular weight excluding hydrogens is 195 g/mol. The van der Waals surface area contributed by atoms with Gasteiger partial charge in [0.1, 0.15) is 5.82 Å². The summed E-state index contributed by atoms with van der Waals surface area (Å²) in [5.74, 6) is -0.322. The Morgan fingerprint density at radius 2 is 1.73 bits per heavy atom. The molecule has 0 saturated heterocycles. The Bertz CT molecular complexity index is 341. The van der Waals surface area contributed by atoms with Gasteiger partial charge in [-0.25, -0.2) is 9.18 Å². The molecule has 82 valence electrons. The largest absolute Gasteiger partial charge is 0.333 e. The fourth-order valence-electron chi connectivity index (χ4n) is 1.04. The van der Waals surface area contributed by atoms with Gasteiger partial charge >= 0.3 is 6.03 Å². The lowest BCUT2D eigenvalue weighted by Gasteiger charge is -2.20. The molecule has 0 saturated carbocycles. The third-order valence-electron chi connectivity index (χ3n) is 1.59. The fourth-order valence-corrected chi connectivity index (χ4v) is 1.04. The number of hydrogen-bond donors (Lipinski definition) is 2. The molecule has 1 aromatic carbocycles. The van der Waals surface area contributed by atoms with Gasteiger partial charge in [-0.2, -0.15) is 0 Å². The minimum atomic E-state index is -0.322. The predicted molar refractivity (Wildman–Crippen MR) is 58.3 cm³/mol. The molecule has 1 aromatic rings. The maximum absolute atomic E-state index is 12.6. The van der Waals surface area contributed by atoms with E-state index < -0.39 is 0 Å². The Kier molecular flexibility index (Phi) is 3.29. The van der Waals surface area contributed by atoms with Crippen molar-refractivity contribution in [1.82, 2.24) is 5.32 Å². The molecule has 0 fully saturated rings. The quantitative estimate of drug-likeness (QED) is 0.735. The molecule has 0 unspecified atom stereocenters. The van der Waals surface area contributed by atoms with Crippen molar-refractivity contribution in [3.63, 3.8) is 0 Å². The number of halogens is 1. The molecule has 0 aliphatic rings. The number of nitrogens with one attached hydrogen (secondary N) is 2. The average molecular weight is 210 g/mol. The summed E-state index contributed by atoms with van der Waals surface area (Å²) in [4.78, 5) is 11.4. The van der Waals surface area contributed by atoms with Crippen LogP contribution < -0.4 is 10.6 Å². The molecule has 3 nitrogen and oxygen atoms in total. The van der Waals surface area contributed by atoms with E-state index >= 15 is 0 Å². The van der Waals surface area contributed by atoms with Gasteiger partial charge in [0.2, 0.25) is 0 Å². The molecule has 0 bridgehead atoms. The smallest absolute Gasteiger partial charge is 0.319 e. The van der Waals surface area contributed by atoms with E-state index in [9.17, 15) is 9.18 Å². The molecule has 2 amide bonds. The van der Waals surface area contributed by atoms with Crippen LogP contribution in [0.3, 0.4) is 0 Å². The maximum atomic E-state index is 12.6. The highest BCUT2D eigenvalue weighted by Gasteiger charge is 2.13. The number of amides is 2. The number of carbonyl (C=O) groups is 1. The average Bonchev–Trinajstić information content (AvgIpc) is 2.05. The summed E-state index contributed by atoms with van der Waals surface area (Å²) in [6.45, 7) is 5.66. The molecule has 4 heteroatoms. The minimum Gasteiger partial charge on any atom is -0.333 e. The lowest BCUT2D eigenvalue weighted by Crippen LogP contribution is -2.43. The zero-order valence-corrected chi connectivity index (χ0v) is 9.10. The summed E-state index contributed by atoms with van der Waals surface area (Å²) in [6, 6.07) is 5.32. The summed E-state index contributed by atoms with van der Waals surface area (Å²) in [5, 5.41) is 5.35.